The van der Waals surface area contributed by atoms with Crippen molar-refractivity contribution in [2.75, 3.05) is 51.4 Å². The van der Waals surface area contributed by atoms with E-state index >= 15 is 0 Å². The predicted molar refractivity (Wildman–Crippen MR) is 82.9 cm³/mol. The number of aryl methyl sites for hydroxylation is 1. The highest BCUT2D eigenvalue weighted by Gasteiger charge is 2.31. The second-order valence-corrected chi connectivity index (χ2v) is 6.34. The van der Waals surface area contributed by atoms with Gasteiger partial charge in [0.15, 0.2) is 0 Å². The van der Waals surface area contributed by atoms with Gasteiger partial charge in [0.1, 0.15) is 5.82 Å². The minimum Gasteiger partial charge on any atom is -0.381 e. The molecular formula is C14H24N4O2S. The highest BCUT2D eigenvalue weighted by atomic mass is 32.1. The fourth-order valence-corrected chi connectivity index (χ4v) is 3.68. The molecule has 21 heavy (non-hydrogen) atoms. The first-order valence-corrected chi connectivity index (χ1v) is 8.60. The van der Waals surface area contributed by atoms with E-state index in [2.05, 4.69) is 26.5 Å². The van der Waals surface area contributed by atoms with E-state index in [1.54, 1.807) is 0 Å². The average Bonchev–Trinajstić information content (AvgIpc) is 3.20. The smallest absolute Gasteiger partial charge is 0.202 e. The van der Waals surface area contributed by atoms with Crippen LogP contribution in [0.3, 0.4) is 0 Å². The molecule has 2 fully saturated rings. The number of rotatable bonds is 6. The number of nitrogens with one attached hydrogen (secondary N) is 1. The number of hydrogen-bond donors (Lipinski definition) is 1. The molecule has 0 amide bonds. The molecular weight excluding hydrogens is 288 g/mol. The molecule has 1 N–H and O–H groups in total. The molecule has 1 aromatic heterocycles. The summed E-state index contributed by atoms with van der Waals surface area (Å²) in [5.74, 6) is 1.53. The third-order valence-corrected chi connectivity index (χ3v) is 4.98. The van der Waals surface area contributed by atoms with E-state index in [-0.39, 0.29) is 0 Å². The summed E-state index contributed by atoms with van der Waals surface area (Å²) in [5.41, 5.74) is 0. The van der Waals surface area contributed by atoms with Crippen LogP contribution in [0.5, 0.6) is 0 Å². The predicted octanol–water partition coefficient (Wildman–Crippen LogP) is 1.25. The Morgan fingerprint density at radius 1 is 1.33 bits per heavy atom. The molecule has 7 heteroatoms. The Balaban J connectivity index is 1.60. The van der Waals surface area contributed by atoms with Crippen molar-refractivity contribution in [3.05, 3.63) is 5.82 Å². The molecule has 6 nitrogen and oxygen atoms in total. The Morgan fingerprint density at radius 2 is 2.19 bits per heavy atom. The van der Waals surface area contributed by atoms with Crippen LogP contribution in [0, 0.1) is 5.92 Å². The minimum absolute atomic E-state index is 0.491. The van der Waals surface area contributed by atoms with Crippen LogP contribution >= 0.6 is 11.5 Å². The van der Waals surface area contributed by atoms with E-state index in [1.807, 2.05) is 0 Å². The van der Waals surface area contributed by atoms with E-state index in [9.17, 15) is 0 Å². The summed E-state index contributed by atoms with van der Waals surface area (Å²) < 4.78 is 15.4. The fourth-order valence-electron chi connectivity index (χ4n) is 3.02. The summed E-state index contributed by atoms with van der Waals surface area (Å²) in [5, 5.41) is 4.41. The molecule has 2 aliphatic heterocycles. The maximum absolute atomic E-state index is 5.59. The van der Waals surface area contributed by atoms with Crippen LogP contribution in [-0.4, -0.2) is 66.4 Å². The Morgan fingerprint density at radius 3 is 2.86 bits per heavy atom. The molecule has 0 bridgehead atoms. The number of anilines is 1. The summed E-state index contributed by atoms with van der Waals surface area (Å²) >= 11 is 1.46. The van der Waals surface area contributed by atoms with Gasteiger partial charge in [0, 0.05) is 56.2 Å². The summed E-state index contributed by atoms with van der Waals surface area (Å²) in [7, 11) is 0. The lowest BCUT2D eigenvalue weighted by atomic mass is 9.97. The molecule has 0 aromatic carbocycles. The van der Waals surface area contributed by atoms with Crippen molar-refractivity contribution in [1.82, 2.24) is 14.3 Å². The van der Waals surface area contributed by atoms with Gasteiger partial charge in [-0.15, -0.1) is 0 Å². The molecule has 0 radical (unpaired) electrons. The molecule has 118 valence electrons. The topological polar surface area (TPSA) is 59.5 Å². The van der Waals surface area contributed by atoms with Gasteiger partial charge >= 0.3 is 0 Å². The van der Waals surface area contributed by atoms with Crippen molar-refractivity contribution in [1.29, 1.82) is 0 Å². The molecule has 0 spiro atoms. The van der Waals surface area contributed by atoms with Gasteiger partial charge in [-0.05, 0) is 6.42 Å². The molecule has 2 saturated heterocycles. The van der Waals surface area contributed by atoms with Gasteiger partial charge in [-0.3, -0.25) is 4.90 Å². The second-order valence-electron chi connectivity index (χ2n) is 5.59. The van der Waals surface area contributed by atoms with Gasteiger partial charge in [0.05, 0.1) is 19.8 Å². The van der Waals surface area contributed by atoms with Crippen molar-refractivity contribution in [3.63, 3.8) is 0 Å². The Kier molecular flexibility index (Phi) is 5.40. The van der Waals surface area contributed by atoms with Crippen LogP contribution < -0.4 is 5.32 Å². The zero-order chi connectivity index (χ0) is 14.5. The van der Waals surface area contributed by atoms with E-state index in [0.29, 0.717) is 12.0 Å². The lowest BCUT2D eigenvalue weighted by Gasteiger charge is -2.37. The SMILES string of the molecule is CCc1nsc(NC[C@H]([C@@H]2CCOC2)N2CCOCC2)n1. The van der Waals surface area contributed by atoms with Crippen LogP contribution in [-0.2, 0) is 15.9 Å². The van der Waals surface area contributed by atoms with Gasteiger partial charge in [0.2, 0.25) is 5.13 Å². The Bertz CT molecular complexity index is 430. The number of nitrogens with zero attached hydrogens (tertiary/aromatic N) is 3. The zero-order valence-corrected chi connectivity index (χ0v) is 13.4. The van der Waals surface area contributed by atoms with Crippen LogP contribution in [0.1, 0.15) is 19.2 Å². The standard InChI is InChI=1S/C14H24N4O2S/c1-2-13-16-14(21-17-13)15-9-12(11-3-6-20-10-11)18-4-7-19-8-5-18/h11-12H,2-10H2,1H3,(H,15,16,17)/t11-,12-/m1/s1. The Hall–Kier alpha value is -0.760. The molecule has 1 aromatic rings. The van der Waals surface area contributed by atoms with Crippen molar-refractivity contribution in [2.45, 2.75) is 25.8 Å². The number of aromatic nitrogens is 2. The lowest BCUT2D eigenvalue weighted by Crippen LogP contribution is -2.50. The first-order chi connectivity index (χ1) is 10.4. The van der Waals surface area contributed by atoms with Gasteiger partial charge in [-0.25, -0.2) is 4.98 Å². The van der Waals surface area contributed by atoms with Crippen molar-refractivity contribution in [2.24, 2.45) is 5.92 Å². The second kappa shape index (κ2) is 7.49. The molecule has 2 aliphatic rings. The van der Waals surface area contributed by atoms with E-state index in [4.69, 9.17) is 9.47 Å². The maximum Gasteiger partial charge on any atom is 0.202 e. The molecule has 3 rings (SSSR count). The van der Waals surface area contributed by atoms with Crippen LogP contribution in [0.4, 0.5) is 5.13 Å². The molecule has 0 saturated carbocycles. The van der Waals surface area contributed by atoms with Crippen LogP contribution in [0.2, 0.25) is 0 Å². The molecule has 0 unspecified atom stereocenters. The summed E-state index contributed by atoms with van der Waals surface area (Å²) in [6.45, 7) is 8.46. The summed E-state index contributed by atoms with van der Waals surface area (Å²) in [4.78, 5) is 7.03. The third-order valence-electron chi connectivity index (χ3n) is 4.27. The molecule has 2 atom stereocenters. The van der Waals surface area contributed by atoms with Crippen molar-refractivity contribution in [3.8, 4) is 0 Å². The Labute approximate surface area is 130 Å². The van der Waals surface area contributed by atoms with E-state index in [1.165, 1.54) is 11.5 Å². The zero-order valence-electron chi connectivity index (χ0n) is 12.6. The van der Waals surface area contributed by atoms with Gasteiger partial charge in [-0.1, -0.05) is 6.92 Å². The largest absolute Gasteiger partial charge is 0.381 e. The van der Waals surface area contributed by atoms with Crippen LogP contribution in [0.15, 0.2) is 0 Å². The van der Waals surface area contributed by atoms with E-state index < -0.39 is 0 Å². The third kappa shape index (κ3) is 3.91. The van der Waals surface area contributed by atoms with Gasteiger partial charge in [-0.2, -0.15) is 4.37 Å². The average molecular weight is 312 g/mol. The maximum atomic E-state index is 5.59. The number of ether oxygens (including phenoxy) is 2. The summed E-state index contributed by atoms with van der Waals surface area (Å²) in [6, 6.07) is 0.491. The van der Waals surface area contributed by atoms with Gasteiger partial charge in [0.25, 0.3) is 0 Å². The molecule has 3 heterocycles. The van der Waals surface area contributed by atoms with Crippen molar-refractivity contribution >= 4 is 16.7 Å². The summed E-state index contributed by atoms with van der Waals surface area (Å²) in [6.07, 6.45) is 2.04. The minimum atomic E-state index is 0.491. The highest BCUT2D eigenvalue weighted by Crippen LogP contribution is 2.23. The normalized spacial score (nSPS) is 25.1. The van der Waals surface area contributed by atoms with Crippen LogP contribution in [0.25, 0.3) is 0 Å². The highest BCUT2D eigenvalue weighted by molar-refractivity contribution is 7.09. The quantitative estimate of drug-likeness (QED) is 0.853. The number of hydrogen-bond acceptors (Lipinski definition) is 7. The fraction of sp³-hybridized carbons (Fsp3) is 0.857. The lowest BCUT2D eigenvalue weighted by molar-refractivity contribution is 0.00461. The van der Waals surface area contributed by atoms with Crippen molar-refractivity contribution < 1.29 is 9.47 Å². The first kappa shape index (κ1) is 15.1. The van der Waals surface area contributed by atoms with E-state index in [0.717, 1.165) is 69.9 Å². The van der Waals surface area contributed by atoms with Gasteiger partial charge < -0.3 is 14.8 Å². The number of morpholine rings is 1. The monoisotopic (exact) mass is 312 g/mol. The molecule has 0 aliphatic carbocycles. The first-order valence-electron chi connectivity index (χ1n) is 7.83.